The number of fused-ring (bicyclic) bond motifs is 1. The first-order valence-corrected chi connectivity index (χ1v) is 7.04. The molecule has 0 fully saturated rings. The SMILES string of the molecule is Cc1cccc(C(NN)C2CCOc3ccccc32)c1. The molecule has 2 atom stereocenters. The zero-order valence-corrected chi connectivity index (χ0v) is 11.7. The summed E-state index contributed by atoms with van der Waals surface area (Å²) in [6.07, 6.45) is 0.972. The van der Waals surface area contributed by atoms with Crippen LogP contribution < -0.4 is 16.0 Å². The van der Waals surface area contributed by atoms with Gasteiger partial charge in [0.2, 0.25) is 0 Å². The van der Waals surface area contributed by atoms with E-state index in [-0.39, 0.29) is 6.04 Å². The number of ether oxygens (including phenoxy) is 1. The standard InChI is InChI=1S/C17H20N2O/c1-12-5-4-6-13(11-12)17(19-18)15-9-10-20-16-8-3-2-7-14(15)16/h2-8,11,15,17,19H,9-10,18H2,1H3. The fourth-order valence-corrected chi connectivity index (χ4v) is 3.02. The Hall–Kier alpha value is -1.84. The molecule has 3 N–H and O–H groups in total. The number of nitrogens with two attached hydrogens (primary N) is 1. The molecule has 2 unspecified atom stereocenters. The van der Waals surface area contributed by atoms with Gasteiger partial charge >= 0.3 is 0 Å². The Kier molecular flexibility index (Phi) is 3.72. The van der Waals surface area contributed by atoms with Gasteiger partial charge in [0, 0.05) is 5.92 Å². The Balaban J connectivity index is 1.99. The first-order valence-electron chi connectivity index (χ1n) is 7.04. The molecule has 1 aliphatic heterocycles. The normalized spacial score (nSPS) is 19.0. The highest BCUT2D eigenvalue weighted by atomic mass is 16.5. The van der Waals surface area contributed by atoms with Gasteiger partial charge in [0.25, 0.3) is 0 Å². The van der Waals surface area contributed by atoms with Gasteiger partial charge in [-0.15, -0.1) is 0 Å². The summed E-state index contributed by atoms with van der Waals surface area (Å²) in [5.41, 5.74) is 6.72. The second kappa shape index (κ2) is 5.65. The van der Waals surface area contributed by atoms with Crippen LogP contribution >= 0.6 is 0 Å². The number of hydrazine groups is 1. The van der Waals surface area contributed by atoms with Crippen LogP contribution in [0.15, 0.2) is 48.5 Å². The van der Waals surface area contributed by atoms with Crippen molar-refractivity contribution >= 4 is 0 Å². The summed E-state index contributed by atoms with van der Waals surface area (Å²) >= 11 is 0. The van der Waals surface area contributed by atoms with E-state index >= 15 is 0 Å². The van der Waals surface area contributed by atoms with E-state index in [1.807, 2.05) is 12.1 Å². The fourth-order valence-electron chi connectivity index (χ4n) is 3.02. The number of benzene rings is 2. The molecule has 0 aromatic heterocycles. The summed E-state index contributed by atoms with van der Waals surface area (Å²) in [6.45, 7) is 2.85. The summed E-state index contributed by atoms with van der Waals surface area (Å²) in [6, 6.07) is 16.9. The molecule has 0 spiro atoms. The van der Waals surface area contributed by atoms with Gasteiger partial charge in [-0.05, 0) is 30.5 Å². The Bertz CT molecular complexity index is 597. The fraction of sp³-hybridized carbons (Fsp3) is 0.294. The third kappa shape index (κ3) is 2.42. The van der Waals surface area contributed by atoms with Crippen molar-refractivity contribution in [2.24, 2.45) is 5.84 Å². The summed E-state index contributed by atoms with van der Waals surface area (Å²) in [5, 5.41) is 0. The molecule has 0 aliphatic carbocycles. The van der Waals surface area contributed by atoms with Gasteiger partial charge in [0.15, 0.2) is 0 Å². The molecule has 0 radical (unpaired) electrons. The van der Waals surface area contributed by atoms with Gasteiger partial charge in [0.05, 0.1) is 12.6 Å². The molecule has 1 aliphatic rings. The monoisotopic (exact) mass is 268 g/mol. The van der Waals surface area contributed by atoms with Crippen molar-refractivity contribution in [1.29, 1.82) is 0 Å². The van der Waals surface area contributed by atoms with E-state index in [2.05, 4.69) is 48.7 Å². The van der Waals surface area contributed by atoms with Crippen molar-refractivity contribution in [3.8, 4) is 5.75 Å². The molecule has 1 heterocycles. The van der Waals surface area contributed by atoms with Crippen LogP contribution in [-0.2, 0) is 0 Å². The third-order valence-electron chi connectivity index (χ3n) is 3.99. The van der Waals surface area contributed by atoms with Gasteiger partial charge in [-0.1, -0.05) is 48.0 Å². The van der Waals surface area contributed by atoms with Crippen LogP contribution in [0.25, 0.3) is 0 Å². The molecule has 0 bridgehead atoms. The molecule has 2 aromatic carbocycles. The van der Waals surface area contributed by atoms with Gasteiger partial charge in [0.1, 0.15) is 5.75 Å². The van der Waals surface area contributed by atoms with Gasteiger partial charge in [-0.2, -0.15) is 0 Å². The largest absolute Gasteiger partial charge is 0.493 e. The lowest BCUT2D eigenvalue weighted by Crippen LogP contribution is -2.34. The van der Waals surface area contributed by atoms with Crippen LogP contribution in [0.2, 0.25) is 0 Å². The Morgan fingerprint density at radius 1 is 1.20 bits per heavy atom. The van der Waals surface area contributed by atoms with E-state index in [0.717, 1.165) is 18.8 Å². The van der Waals surface area contributed by atoms with Crippen molar-refractivity contribution in [2.45, 2.75) is 25.3 Å². The van der Waals surface area contributed by atoms with Crippen LogP contribution in [-0.4, -0.2) is 6.61 Å². The highest BCUT2D eigenvalue weighted by Gasteiger charge is 2.29. The van der Waals surface area contributed by atoms with E-state index in [1.54, 1.807) is 0 Å². The minimum absolute atomic E-state index is 0.111. The lowest BCUT2D eigenvalue weighted by Gasteiger charge is -2.32. The Labute approximate surface area is 119 Å². The van der Waals surface area contributed by atoms with Gasteiger partial charge in [-0.3, -0.25) is 11.3 Å². The summed E-state index contributed by atoms with van der Waals surface area (Å²) < 4.78 is 5.74. The molecule has 3 heteroatoms. The van der Waals surface area contributed by atoms with Crippen molar-refractivity contribution in [2.75, 3.05) is 6.61 Å². The quantitative estimate of drug-likeness (QED) is 0.664. The zero-order chi connectivity index (χ0) is 13.9. The van der Waals surface area contributed by atoms with Crippen molar-refractivity contribution in [1.82, 2.24) is 5.43 Å². The third-order valence-corrected chi connectivity index (χ3v) is 3.99. The van der Waals surface area contributed by atoms with Crippen LogP contribution in [0, 0.1) is 6.92 Å². The van der Waals surface area contributed by atoms with Gasteiger partial charge in [-0.25, -0.2) is 0 Å². The molecule has 0 saturated heterocycles. The second-order valence-electron chi connectivity index (χ2n) is 5.34. The van der Waals surface area contributed by atoms with E-state index in [1.165, 1.54) is 16.7 Å². The number of aryl methyl sites for hydroxylation is 1. The topological polar surface area (TPSA) is 47.3 Å². The highest BCUT2D eigenvalue weighted by Crippen LogP contribution is 2.40. The molecular formula is C17H20N2O. The van der Waals surface area contributed by atoms with Crippen molar-refractivity contribution in [3.05, 3.63) is 65.2 Å². The Morgan fingerprint density at radius 2 is 2.05 bits per heavy atom. The van der Waals surface area contributed by atoms with E-state index < -0.39 is 0 Å². The van der Waals surface area contributed by atoms with Crippen molar-refractivity contribution < 1.29 is 4.74 Å². The minimum Gasteiger partial charge on any atom is -0.493 e. The number of hydrogen-bond donors (Lipinski definition) is 2. The first kappa shape index (κ1) is 13.2. The average molecular weight is 268 g/mol. The van der Waals surface area contributed by atoms with E-state index in [0.29, 0.717) is 5.92 Å². The summed E-state index contributed by atoms with van der Waals surface area (Å²) in [5.74, 6) is 7.17. The molecule has 3 rings (SSSR count). The number of rotatable bonds is 3. The molecule has 104 valence electrons. The average Bonchev–Trinajstić information content (AvgIpc) is 2.48. The smallest absolute Gasteiger partial charge is 0.122 e. The number of hydrogen-bond acceptors (Lipinski definition) is 3. The van der Waals surface area contributed by atoms with Crippen LogP contribution in [0.1, 0.15) is 35.1 Å². The first-order chi connectivity index (χ1) is 9.79. The predicted octanol–water partition coefficient (Wildman–Crippen LogP) is 3.07. The van der Waals surface area contributed by atoms with Crippen LogP contribution in [0.5, 0.6) is 5.75 Å². The van der Waals surface area contributed by atoms with E-state index in [4.69, 9.17) is 10.6 Å². The number of nitrogens with one attached hydrogen (secondary N) is 1. The van der Waals surface area contributed by atoms with Crippen LogP contribution in [0.4, 0.5) is 0 Å². The maximum Gasteiger partial charge on any atom is 0.122 e. The molecule has 2 aromatic rings. The Morgan fingerprint density at radius 3 is 2.85 bits per heavy atom. The predicted molar refractivity (Wildman–Crippen MR) is 80.5 cm³/mol. The van der Waals surface area contributed by atoms with Crippen molar-refractivity contribution in [3.63, 3.8) is 0 Å². The molecule has 20 heavy (non-hydrogen) atoms. The minimum atomic E-state index is 0.111. The maximum atomic E-state index is 5.85. The lowest BCUT2D eigenvalue weighted by atomic mass is 9.83. The van der Waals surface area contributed by atoms with Gasteiger partial charge < -0.3 is 4.74 Å². The zero-order valence-electron chi connectivity index (χ0n) is 11.7. The van der Waals surface area contributed by atoms with Crippen LogP contribution in [0.3, 0.4) is 0 Å². The molecule has 0 amide bonds. The second-order valence-corrected chi connectivity index (χ2v) is 5.34. The summed E-state index contributed by atoms with van der Waals surface area (Å²) in [4.78, 5) is 0. The number of para-hydroxylation sites is 1. The molecule has 3 nitrogen and oxygen atoms in total. The maximum absolute atomic E-state index is 5.85. The molecular weight excluding hydrogens is 248 g/mol. The highest BCUT2D eigenvalue weighted by molar-refractivity contribution is 5.40. The lowest BCUT2D eigenvalue weighted by molar-refractivity contribution is 0.246. The van der Waals surface area contributed by atoms with E-state index in [9.17, 15) is 0 Å². The summed E-state index contributed by atoms with van der Waals surface area (Å²) in [7, 11) is 0. The molecule has 0 saturated carbocycles.